The van der Waals surface area contributed by atoms with Crippen LogP contribution in [-0.2, 0) is 22.4 Å². The first kappa shape index (κ1) is 21.6. The highest BCUT2D eigenvalue weighted by Crippen LogP contribution is 2.39. The molecule has 0 aliphatic carbocycles. The minimum Gasteiger partial charge on any atom is -0.207 e. The minimum atomic E-state index is -4.68. The molecule has 0 bridgehead atoms. The molecule has 0 amide bonds. The number of hydrogen-bond donors (Lipinski definition) is 0. The Morgan fingerprint density at radius 2 is 1.45 bits per heavy atom. The first-order valence-electron chi connectivity index (χ1n) is 8.74. The summed E-state index contributed by atoms with van der Waals surface area (Å²) in [7, 11) is -4.18. The maximum absolute atomic E-state index is 13.2. The normalized spacial score (nSPS) is 17.4. The molecule has 0 aromatic heterocycles. The van der Waals surface area contributed by atoms with E-state index < -0.39 is 44.3 Å². The van der Waals surface area contributed by atoms with Crippen LogP contribution in [0.2, 0.25) is 0 Å². The van der Waals surface area contributed by atoms with Crippen LogP contribution in [0.3, 0.4) is 0 Å². The predicted octanol–water partition coefficient (Wildman–Crippen LogP) is 5.29. The smallest absolute Gasteiger partial charge is 0.207 e. The van der Waals surface area contributed by atoms with Crippen LogP contribution >= 0.6 is 0 Å². The lowest BCUT2D eigenvalue weighted by atomic mass is 9.87. The van der Waals surface area contributed by atoms with Gasteiger partial charge in [0.2, 0.25) is 10.0 Å². The summed E-state index contributed by atoms with van der Waals surface area (Å²) in [6, 6.07) is 8.60. The summed E-state index contributed by atoms with van der Waals surface area (Å²) >= 11 is 0. The Morgan fingerprint density at radius 3 is 2.03 bits per heavy atom. The molecule has 0 saturated carbocycles. The fourth-order valence-corrected chi connectivity index (χ4v) is 5.02. The van der Waals surface area contributed by atoms with E-state index in [2.05, 4.69) is 0 Å². The van der Waals surface area contributed by atoms with Crippen LogP contribution in [-0.4, -0.2) is 25.8 Å². The van der Waals surface area contributed by atoms with Crippen molar-refractivity contribution in [3.05, 3.63) is 65.2 Å². The number of rotatable bonds is 3. The SMILES string of the molecule is O=S(=O)(c1cccc(C(F)(F)F)c1)N1CCC(c2ccccc2C(F)(F)F)CC1. The Hall–Kier alpha value is -2.07. The van der Waals surface area contributed by atoms with E-state index >= 15 is 0 Å². The molecule has 1 fully saturated rings. The lowest BCUT2D eigenvalue weighted by Gasteiger charge is -2.32. The van der Waals surface area contributed by atoms with Gasteiger partial charge < -0.3 is 0 Å². The van der Waals surface area contributed by atoms with Crippen molar-refractivity contribution in [3.8, 4) is 0 Å². The molecule has 1 heterocycles. The van der Waals surface area contributed by atoms with Gasteiger partial charge in [-0.15, -0.1) is 0 Å². The number of hydrogen-bond acceptors (Lipinski definition) is 2. The van der Waals surface area contributed by atoms with Crippen molar-refractivity contribution in [1.82, 2.24) is 4.31 Å². The summed E-state index contributed by atoms with van der Waals surface area (Å²) in [5, 5.41) is 0. The Kier molecular flexibility index (Phi) is 5.70. The lowest BCUT2D eigenvalue weighted by Crippen LogP contribution is -2.38. The molecule has 0 radical (unpaired) electrons. The topological polar surface area (TPSA) is 37.4 Å². The van der Waals surface area contributed by atoms with Crippen LogP contribution in [0.15, 0.2) is 53.4 Å². The second-order valence-electron chi connectivity index (χ2n) is 6.79. The molecule has 158 valence electrons. The lowest BCUT2D eigenvalue weighted by molar-refractivity contribution is -0.139. The zero-order chi connectivity index (χ0) is 21.4. The van der Waals surface area contributed by atoms with Crippen LogP contribution in [0.1, 0.15) is 35.4 Å². The van der Waals surface area contributed by atoms with Crippen LogP contribution in [0.4, 0.5) is 26.3 Å². The van der Waals surface area contributed by atoms with Crippen molar-refractivity contribution in [2.45, 2.75) is 36.0 Å². The van der Waals surface area contributed by atoms with E-state index in [1.165, 1.54) is 18.2 Å². The van der Waals surface area contributed by atoms with Crippen molar-refractivity contribution in [3.63, 3.8) is 0 Å². The van der Waals surface area contributed by atoms with Gasteiger partial charge in [0.25, 0.3) is 0 Å². The molecule has 10 heteroatoms. The fraction of sp³-hybridized carbons (Fsp3) is 0.368. The zero-order valence-corrected chi connectivity index (χ0v) is 15.8. The summed E-state index contributed by atoms with van der Waals surface area (Å²) in [5.41, 5.74) is -1.72. The number of halogens is 6. The third-order valence-electron chi connectivity index (χ3n) is 4.96. The van der Waals surface area contributed by atoms with Crippen LogP contribution in [0, 0.1) is 0 Å². The molecule has 3 nitrogen and oxygen atoms in total. The second-order valence-corrected chi connectivity index (χ2v) is 8.73. The van der Waals surface area contributed by atoms with Crippen LogP contribution < -0.4 is 0 Å². The van der Waals surface area contributed by atoms with E-state index in [1.807, 2.05) is 0 Å². The Balaban J connectivity index is 1.80. The maximum atomic E-state index is 13.2. The van der Waals surface area contributed by atoms with Crippen molar-refractivity contribution in [2.24, 2.45) is 0 Å². The van der Waals surface area contributed by atoms with Gasteiger partial charge in [-0.05, 0) is 48.6 Å². The van der Waals surface area contributed by atoms with Gasteiger partial charge >= 0.3 is 12.4 Å². The summed E-state index contributed by atoms with van der Waals surface area (Å²) in [4.78, 5) is -0.485. The van der Waals surface area contributed by atoms with Crippen LogP contribution in [0.5, 0.6) is 0 Å². The summed E-state index contributed by atoms with van der Waals surface area (Å²) in [6.45, 7) is -0.148. The monoisotopic (exact) mass is 437 g/mol. The van der Waals surface area contributed by atoms with Gasteiger partial charge in [-0.3, -0.25) is 0 Å². The molecule has 2 aromatic carbocycles. The largest absolute Gasteiger partial charge is 0.416 e. The van der Waals surface area contributed by atoms with E-state index in [1.54, 1.807) is 0 Å². The van der Waals surface area contributed by atoms with Crippen molar-refractivity contribution < 1.29 is 34.8 Å². The third-order valence-corrected chi connectivity index (χ3v) is 6.85. The standard InChI is InChI=1S/C19H17F6NO2S/c20-18(21,22)14-4-3-5-15(12-14)29(27,28)26-10-8-13(9-11-26)16-6-1-2-7-17(16)19(23,24)25/h1-7,12-13H,8-11H2. The van der Waals surface area contributed by atoms with E-state index in [-0.39, 0.29) is 31.5 Å². The number of benzene rings is 2. The number of alkyl halides is 6. The molecule has 3 rings (SSSR count). The number of piperidine rings is 1. The second kappa shape index (κ2) is 7.64. The molecular weight excluding hydrogens is 420 g/mol. The third kappa shape index (κ3) is 4.58. The molecule has 1 aliphatic heterocycles. The van der Waals surface area contributed by atoms with E-state index in [0.29, 0.717) is 6.07 Å². The molecule has 0 unspecified atom stereocenters. The first-order chi connectivity index (χ1) is 13.4. The minimum absolute atomic E-state index is 0.0740. The van der Waals surface area contributed by atoms with Gasteiger partial charge in [0.1, 0.15) is 0 Å². The molecule has 0 N–H and O–H groups in total. The Labute approximate surface area is 164 Å². The van der Waals surface area contributed by atoms with E-state index in [0.717, 1.165) is 28.6 Å². The number of sulfonamides is 1. The summed E-state index contributed by atoms with van der Waals surface area (Å²) in [6.07, 6.45) is -8.91. The van der Waals surface area contributed by atoms with Gasteiger partial charge in [0, 0.05) is 13.1 Å². The maximum Gasteiger partial charge on any atom is 0.416 e. The molecular formula is C19H17F6NO2S. The van der Waals surface area contributed by atoms with Gasteiger partial charge in [-0.25, -0.2) is 8.42 Å². The highest BCUT2D eigenvalue weighted by atomic mass is 32.2. The van der Waals surface area contributed by atoms with Gasteiger partial charge in [0.05, 0.1) is 16.0 Å². The number of nitrogens with zero attached hydrogens (tertiary/aromatic N) is 1. The summed E-state index contributed by atoms with van der Waals surface area (Å²) < 4.78 is 105. The Bertz CT molecular complexity index is 977. The highest BCUT2D eigenvalue weighted by Gasteiger charge is 2.38. The average molecular weight is 437 g/mol. The molecule has 1 saturated heterocycles. The fourth-order valence-electron chi connectivity index (χ4n) is 3.50. The van der Waals surface area contributed by atoms with Gasteiger partial charge in [0.15, 0.2) is 0 Å². The molecule has 1 aliphatic rings. The van der Waals surface area contributed by atoms with Crippen LogP contribution in [0.25, 0.3) is 0 Å². The molecule has 29 heavy (non-hydrogen) atoms. The van der Waals surface area contributed by atoms with Gasteiger partial charge in [-0.2, -0.15) is 30.6 Å². The summed E-state index contributed by atoms with van der Waals surface area (Å²) in [5.74, 6) is -0.485. The van der Waals surface area contributed by atoms with E-state index in [9.17, 15) is 34.8 Å². The predicted molar refractivity (Wildman–Crippen MR) is 93.6 cm³/mol. The zero-order valence-electron chi connectivity index (χ0n) is 15.0. The molecule has 2 aromatic rings. The highest BCUT2D eigenvalue weighted by molar-refractivity contribution is 7.89. The molecule has 0 atom stereocenters. The molecule has 0 spiro atoms. The van der Waals surface area contributed by atoms with Crippen molar-refractivity contribution in [2.75, 3.05) is 13.1 Å². The van der Waals surface area contributed by atoms with Crippen molar-refractivity contribution >= 4 is 10.0 Å². The van der Waals surface area contributed by atoms with Crippen molar-refractivity contribution in [1.29, 1.82) is 0 Å². The average Bonchev–Trinajstić information content (AvgIpc) is 2.67. The van der Waals surface area contributed by atoms with Gasteiger partial charge in [-0.1, -0.05) is 24.3 Å². The Morgan fingerprint density at radius 1 is 0.828 bits per heavy atom. The first-order valence-corrected chi connectivity index (χ1v) is 10.2. The van der Waals surface area contributed by atoms with E-state index in [4.69, 9.17) is 0 Å². The quantitative estimate of drug-likeness (QED) is 0.612.